The molecular weight excluding hydrogens is 398 g/mol. The van der Waals surface area contributed by atoms with Gasteiger partial charge >= 0.3 is 0 Å². The molecule has 0 spiro atoms. The van der Waals surface area contributed by atoms with E-state index >= 15 is 0 Å². The fourth-order valence-electron chi connectivity index (χ4n) is 3.72. The van der Waals surface area contributed by atoms with Crippen LogP contribution in [0.5, 0.6) is 17.2 Å². The zero-order valence-electron chi connectivity index (χ0n) is 16.5. The van der Waals surface area contributed by atoms with E-state index in [1.807, 2.05) is 30.3 Å². The SMILES string of the molecule is CCCn1c(-c2ccc(O)cc2)cc(-c2ccc(O)cc2)c1-c1ccc(O)cc1Cl. The number of phenols is 3. The van der Waals surface area contributed by atoms with Crippen molar-refractivity contribution < 1.29 is 15.3 Å². The smallest absolute Gasteiger partial charge is 0.117 e. The molecule has 1 aromatic heterocycles. The first-order valence-electron chi connectivity index (χ1n) is 9.79. The Balaban J connectivity index is 2.03. The minimum atomic E-state index is 0.113. The number of phenolic OH excluding ortho intramolecular Hbond substituents is 3. The third kappa shape index (κ3) is 3.74. The van der Waals surface area contributed by atoms with Gasteiger partial charge in [-0.15, -0.1) is 0 Å². The molecule has 4 rings (SSSR count). The highest BCUT2D eigenvalue weighted by Gasteiger charge is 2.21. The lowest BCUT2D eigenvalue weighted by molar-refractivity contribution is 0.475. The Morgan fingerprint density at radius 3 is 1.83 bits per heavy atom. The molecule has 0 unspecified atom stereocenters. The maximum atomic E-state index is 9.84. The summed E-state index contributed by atoms with van der Waals surface area (Å²) in [6.07, 6.45) is 0.914. The predicted octanol–water partition coefficient (Wildman–Crippen LogP) is 6.67. The number of aromatic nitrogens is 1. The summed E-state index contributed by atoms with van der Waals surface area (Å²) in [6.45, 7) is 2.88. The summed E-state index contributed by atoms with van der Waals surface area (Å²) in [4.78, 5) is 0. The first-order valence-corrected chi connectivity index (χ1v) is 10.2. The number of halogens is 1. The minimum absolute atomic E-state index is 0.113. The maximum Gasteiger partial charge on any atom is 0.117 e. The van der Waals surface area contributed by atoms with Gasteiger partial charge in [0.1, 0.15) is 17.2 Å². The summed E-state index contributed by atoms with van der Waals surface area (Å²) >= 11 is 6.55. The molecule has 3 N–H and O–H groups in total. The first kappa shape index (κ1) is 19.9. The van der Waals surface area contributed by atoms with Gasteiger partial charge < -0.3 is 19.9 Å². The average Bonchev–Trinajstić information content (AvgIpc) is 3.08. The largest absolute Gasteiger partial charge is 0.508 e. The number of hydrogen-bond acceptors (Lipinski definition) is 3. The summed E-state index contributed by atoms with van der Waals surface area (Å²) in [5.74, 6) is 0.532. The van der Waals surface area contributed by atoms with Crippen molar-refractivity contribution >= 4 is 11.6 Å². The molecule has 4 aromatic rings. The molecule has 1 heterocycles. The predicted molar refractivity (Wildman–Crippen MR) is 121 cm³/mol. The van der Waals surface area contributed by atoms with Gasteiger partial charge in [-0.25, -0.2) is 0 Å². The minimum Gasteiger partial charge on any atom is -0.508 e. The van der Waals surface area contributed by atoms with E-state index in [-0.39, 0.29) is 17.2 Å². The molecule has 0 aliphatic rings. The Labute approximate surface area is 180 Å². The highest BCUT2D eigenvalue weighted by Crippen LogP contribution is 2.42. The Hall–Kier alpha value is -3.37. The van der Waals surface area contributed by atoms with E-state index in [1.54, 1.807) is 36.4 Å². The van der Waals surface area contributed by atoms with Crippen LogP contribution in [0.2, 0.25) is 5.02 Å². The van der Waals surface area contributed by atoms with Crippen LogP contribution in [0.15, 0.2) is 72.8 Å². The normalized spacial score (nSPS) is 11.0. The molecule has 0 saturated carbocycles. The van der Waals surface area contributed by atoms with Gasteiger partial charge in [0, 0.05) is 23.4 Å². The third-order valence-corrected chi connectivity index (χ3v) is 5.41. The summed E-state index contributed by atoms with van der Waals surface area (Å²) in [5.41, 5.74) is 5.65. The molecule has 0 saturated heterocycles. The molecule has 0 fully saturated rings. The highest BCUT2D eigenvalue weighted by molar-refractivity contribution is 6.33. The van der Waals surface area contributed by atoms with Gasteiger partial charge in [0.25, 0.3) is 0 Å². The zero-order chi connectivity index (χ0) is 21.3. The number of rotatable bonds is 5. The molecule has 0 amide bonds. The van der Waals surface area contributed by atoms with Gasteiger partial charge in [0.2, 0.25) is 0 Å². The molecule has 0 radical (unpaired) electrons. The lowest BCUT2D eigenvalue weighted by atomic mass is 10.0. The quantitative estimate of drug-likeness (QED) is 0.338. The Bertz CT molecular complexity index is 1180. The number of nitrogens with zero attached hydrogens (tertiary/aromatic N) is 1. The highest BCUT2D eigenvalue weighted by atomic mass is 35.5. The van der Waals surface area contributed by atoms with E-state index in [9.17, 15) is 15.3 Å². The summed E-state index contributed by atoms with van der Waals surface area (Å²) in [7, 11) is 0. The fraction of sp³-hybridized carbons (Fsp3) is 0.120. The van der Waals surface area contributed by atoms with E-state index in [0.29, 0.717) is 5.02 Å². The lowest BCUT2D eigenvalue weighted by Crippen LogP contribution is -2.02. The van der Waals surface area contributed by atoms with Crippen molar-refractivity contribution in [1.29, 1.82) is 0 Å². The molecule has 4 nitrogen and oxygen atoms in total. The van der Waals surface area contributed by atoms with Gasteiger partial charge in [-0.1, -0.05) is 30.7 Å². The van der Waals surface area contributed by atoms with Crippen molar-refractivity contribution in [3.63, 3.8) is 0 Å². The molecule has 3 aromatic carbocycles. The second kappa shape index (κ2) is 8.17. The number of aromatic hydroxyl groups is 3. The zero-order valence-corrected chi connectivity index (χ0v) is 17.3. The molecule has 0 aliphatic heterocycles. The van der Waals surface area contributed by atoms with Crippen LogP contribution < -0.4 is 0 Å². The van der Waals surface area contributed by atoms with Gasteiger partial charge in [0.15, 0.2) is 0 Å². The molecular formula is C25H22ClNO3. The van der Waals surface area contributed by atoms with Gasteiger partial charge in [0.05, 0.1) is 10.7 Å². The van der Waals surface area contributed by atoms with Crippen LogP contribution in [-0.4, -0.2) is 19.9 Å². The van der Waals surface area contributed by atoms with Crippen LogP contribution in [0.25, 0.3) is 33.6 Å². The van der Waals surface area contributed by atoms with Crippen molar-refractivity contribution in [2.45, 2.75) is 19.9 Å². The Morgan fingerprint density at radius 2 is 1.27 bits per heavy atom. The van der Waals surface area contributed by atoms with Crippen LogP contribution in [0.1, 0.15) is 13.3 Å². The van der Waals surface area contributed by atoms with E-state index in [1.165, 1.54) is 0 Å². The lowest BCUT2D eigenvalue weighted by Gasteiger charge is -2.16. The summed E-state index contributed by atoms with van der Waals surface area (Å²) in [5, 5.41) is 29.7. The van der Waals surface area contributed by atoms with E-state index < -0.39 is 0 Å². The monoisotopic (exact) mass is 419 g/mol. The molecule has 0 bridgehead atoms. The van der Waals surface area contributed by atoms with E-state index in [0.717, 1.165) is 46.6 Å². The van der Waals surface area contributed by atoms with Crippen molar-refractivity contribution in [2.75, 3.05) is 0 Å². The fourth-order valence-corrected chi connectivity index (χ4v) is 3.99. The summed E-state index contributed by atoms with van der Waals surface area (Å²) < 4.78 is 2.22. The second-order valence-electron chi connectivity index (χ2n) is 7.20. The summed E-state index contributed by atoms with van der Waals surface area (Å²) in [6, 6.07) is 21.3. The van der Waals surface area contributed by atoms with Crippen molar-refractivity contribution in [1.82, 2.24) is 4.57 Å². The van der Waals surface area contributed by atoms with Gasteiger partial charge in [-0.05, 0) is 78.2 Å². The molecule has 30 heavy (non-hydrogen) atoms. The topological polar surface area (TPSA) is 65.6 Å². The number of benzene rings is 3. The molecule has 5 heteroatoms. The van der Waals surface area contributed by atoms with Crippen LogP contribution in [-0.2, 0) is 6.54 Å². The number of hydrogen-bond donors (Lipinski definition) is 3. The first-order chi connectivity index (χ1) is 14.5. The maximum absolute atomic E-state index is 9.84. The van der Waals surface area contributed by atoms with E-state index in [4.69, 9.17) is 11.6 Å². The third-order valence-electron chi connectivity index (χ3n) is 5.09. The van der Waals surface area contributed by atoms with Crippen molar-refractivity contribution in [3.05, 3.63) is 77.8 Å². The standard InChI is InChI=1S/C25H22ClNO3/c1-2-13-27-24(17-5-9-19(29)10-6-17)15-22(16-3-7-18(28)8-4-16)25(27)21-12-11-20(30)14-23(21)26/h3-12,14-15,28-30H,2,13H2,1H3. The van der Waals surface area contributed by atoms with Crippen molar-refractivity contribution in [2.24, 2.45) is 0 Å². The molecule has 0 aliphatic carbocycles. The Kier molecular flexibility index (Phi) is 5.42. The second-order valence-corrected chi connectivity index (χ2v) is 7.61. The van der Waals surface area contributed by atoms with Crippen molar-refractivity contribution in [3.8, 4) is 50.9 Å². The van der Waals surface area contributed by atoms with E-state index in [2.05, 4.69) is 17.6 Å². The van der Waals surface area contributed by atoms with Gasteiger partial charge in [-0.3, -0.25) is 0 Å². The molecule has 152 valence electrons. The van der Waals surface area contributed by atoms with Crippen LogP contribution in [0.3, 0.4) is 0 Å². The van der Waals surface area contributed by atoms with Gasteiger partial charge in [-0.2, -0.15) is 0 Å². The Morgan fingerprint density at radius 1 is 0.700 bits per heavy atom. The molecule has 0 atom stereocenters. The van der Waals surface area contributed by atoms with Crippen LogP contribution in [0.4, 0.5) is 0 Å². The average molecular weight is 420 g/mol. The van der Waals surface area contributed by atoms with Crippen LogP contribution >= 0.6 is 11.6 Å². The van der Waals surface area contributed by atoms with Crippen LogP contribution in [0, 0.1) is 0 Å².